The van der Waals surface area contributed by atoms with Crippen molar-refractivity contribution in [1.29, 1.82) is 0 Å². The van der Waals surface area contributed by atoms with Crippen LogP contribution in [0.5, 0.6) is 5.75 Å². The number of thiophene rings is 1. The molecule has 1 fully saturated rings. The van der Waals surface area contributed by atoms with Gasteiger partial charge in [0.25, 0.3) is 5.91 Å². The molecule has 3 heterocycles. The number of nitrogens with zero attached hydrogens (tertiary/aromatic N) is 4. The number of likely N-dealkylation sites (tertiary alicyclic amines) is 1. The highest BCUT2D eigenvalue weighted by molar-refractivity contribution is 7.21. The van der Waals surface area contributed by atoms with Gasteiger partial charge >= 0.3 is 0 Å². The molecule has 39 heavy (non-hydrogen) atoms. The zero-order valence-electron chi connectivity index (χ0n) is 23.5. The molecule has 2 amide bonds. The van der Waals surface area contributed by atoms with Crippen molar-refractivity contribution in [3.63, 3.8) is 0 Å². The third kappa shape index (κ3) is 6.87. The minimum Gasteiger partial charge on any atom is -0.497 e. The van der Waals surface area contributed by atoms with Crippen LogP contribution < -0.4 is 15.6 Å². The van der Waals surface area contributed by atoms with Gasteiger partial charge in [0.1, 0.15) is 5.75 Å². The number of methoxy groups -OCH3 is 1. The zero-order valence-corrected chi connectivity index (χ0v) is 24.3. The average molecular weight is 554 g/mol. The van der Waals surface area contributed by atoms with Crippen molar-refractivity contribution in [3.8, 4) is 16.9 Å². The van der Waals surface area contributed by atoms with Crippen LogP contribution in [0.25, 0.3) is 21.2 Å². The molecule has 0 unspecified atom stereocenters. The predicted molar refractivity (Wildman–Crippen MR) is 157 cm³/mol. The summed E-state index contributed by atoms with van der Waals surface area (Å²) in [7, 11) is 9.21. The number of ether oxygens (including phenoxy) is 1. The molecule has 0 spiro atoms. The van der Waals surface area contributed by atoms with Crippen LogP contribution >= 0.6 is 11.3 Å². The monoisotopic (exact) mass is 553 g/mol. The summed E-state index contributed by atoms with van der Waals surface area (Å²) in [6.45, 7) is 3.71. The Balaban J connectivity index is 1.60. The van der Waals surface area contributed by atoms with E-state index in [0.717, 1.165) is 53.7 Å². The van der Waals surface area contributed by atoms with Crippen molar-refractivity contribution in [2.75, 3.05) is 61.0 Å². The summed E-state index contributed by atoms with van der Waals surface area (Å²) < 4.78 is 8.05. The summed E-state index contributed by atoms with van der Waals surface area (Å²) >= 11 is 1.44. The Morgan fingerprint density at radius 1 is 1.13 bits per heavy atom. The van der Waals surface area contributed by atoms with Crippen molar-refractivity contribution in [3.05, 3.63) is 51.8 Å². The van der Waals surface area contributed by atoms with Crippen molar-refractivity contribution < 1.29 is 14.3 Å². The smallest absolute Gasteiger partial charge is 0.264 e. The fraction of sp³-hybridized carbons (Fsp3) is 0.483. The number of fused-ring (bicyclic) bond motifs is 1. The topological polar surface area (TPSA) is 87.1 Å². The Hall–Kier alpha value is -3.21. The minimum atomic E-state index is -0.0855. The molecule has 10 heteroatoms. The average Bonchev–Trinajstić information content (AvgIpc) is 3.38. The summed E-state index contributed by atoms with van der Waals surface area (Å²) in [5.74, 6) is 0.520. The van der Waals surface area contributed by atoms with Crippen LogP contribution in [0, 0.1) is 0 Å². The van der Waals surface area contributed by atoms with Crippen molar-refractivity contribution in [2.45, 2.75) is 25.3 Å². The van der Waals surface area contributed by atoms with Gasteiger partial charge in [-0.25, -0.2) is 0 Å². The largest absolute Gasteiger partial charge is 0.497 e. The lowest BCUT2D eigenvalue weighted by Crippen LogP contribution is -2.45. The fourth-order valence-electron chi connectivity index (χ4n) is 5.07. The summed E-state index contributed by atoms with van der Waals surface area (Å²) in [6, 6.07) is 9.72. The van der Waals surface area contributed by atoms with Gasteiger partial charge in [-0.3, -0.25) is 14.4 Å². The highest BCUT2D eigenvalue weighted by atomic mass is 32.1. The number of pyridine rings is 1. The van der Waals surface area contributed by atoms with E-state index in [1.807, 2.05) is 18.2 Å². The predicted octanol–water partition coefficient (Wildman–Crippen LogP) is 2.88. The third-order valence-electron chi connectivity index (χ3n) is 7.58. The molecule has 1 N–H and O–H groups in total. The second-order valence-corrected chi connectivity index (χ2v) is 11.4. The quantitative estimate of drug-likeness (QED) is 0.416. The lowest BCUT2D eigenvalue weighted by atomic mass is 10.0. The molecule has 1 aromatic carbocycles. The molecule has 1 aliphatic heterocycles. The number of hydrogen-bond acceptors (Lipinski definition) is 7. The van der Waals surface area contributed by atoms with E-state index in [9.17, 15) is 14.4 Å². The van der Waals surface area contributed by atoms with E-state index in [-0.39, 0.29) is 23.8 Å². The number of aromatic nitrogens is 1. The number of nitrogens with one attached hydrogen (secondary N) is 1. The zero-order chi connectivity index (χ0) is 28.1. The van der Waals surface area contributed by atoms with Gasteiger partial charge in [0.2, 0.25) is 11.5 Å². The van der Waals surface area contributed by atoms with E-state index in [2.05, 4.69) is 29.2 Å². The number of aryl methyl sites for hydroxylation is 1. The molecule has 2 aromatic heterocycles. The Bertz CT molecular complexity index is 1370. The van der Waals surface area contributed by atoms with Crippen LogP contribution in [0.15, 0.2) is 41.3 Å². The first-order valence-corrected chi connectivity index (χ1v) is 14.2. The summed E-state index contributed by atoms with van der Waals surface area (Å²) in [6.07, 6.45) is 4.29. The second kappa shape index (κ2) is 12.8. The molecule has 1 aliphatic rings. The van der Waals surface area contributed by atoms with Gasteiger partial charge in [-0.05, 0) is 75.2 Å². The molecule has 0 bridgehead atoms. The lowest BCUT2D eigenvalue weighted by molar-refractivity contribution is -0.120. The molecule has 0 saturated carbocycles. The van der Waals surface area contributed by atoms with Gasteiger partial charge < -0.3 is 29.3 Å². The van der Waals surface area contributed by atoms with Crippen LogP contribution in [0.3, 0.4) is 0 Å². The van der Waals surface area contributed by atoms with Crippen LogP contribution in [-0.4, -0.2) is 98.1 Å². The number of carbonyl (C=O) groups excluding carboxylic acids is 2. The molecule has 3 aromatic rings. The van der Waals surface area contributed by atoms with Gasteiger partial charge in [0, 0.05) is 68.7 Å². The van der Waals surface area contributed by atoms with Gasteiger partial charge in [0.05, 0.1) is 12.0 Å². The number of carbonyl (C=O) groups is 2. The number of rotatable bonds is 10. The molecular weight excluding hydrogens is 514 g/mol. The van der Waals surface area contributed by atoms with Crippen LogP contribution in [0.2, 0.25) is 0 Å². The highest BCUT2D eigenvalue weighted by Crippen LogP contribution is 2.38. The van der Waals surface area contributed by atoms with E-state index in [1.165, 1.54) is 11.3 Å². The molecule has 9 nitrogen and oxygen atoms in total. The first-order chi connectivity index (χ1) is 18.7. The second-order valence-electron chi connectivity index (χ2n) is 10.3. The lowest BCUT2D eigenvalue weighted by Gasteiger charge is -2.36. The Kier molecular flexibility index (Phi) is 9.42. The maximum Gasteiger partial charge on any atom is 0.264 e. The van der Waals surface area contributed by atoms with Crippen LogP contribution in [-0.2, 0) is 11.8 Å². The first-order valence-electron chi connectivity index (χ1n) is 13.4. The Morgan fingerprint density at radius 3 is 2.51 bits per heavy atom. The highest BCUT2D eigenvalue weighted by Gasteiger charge is 2.24. The van der Waals surface area contributed by atoms with E-state index in [4.69, 9.17) is 4.74 Å². The summed E-state index contributed by atoms with van der Waals surface area (Å²) in [5, 5.41) is 3.57. The van der Waals surface area contributed by atoms with Gasteiger partial charge in [-0.15, -0.1) is 11.3 Å². The molecule has 0 atom stereocenters. The summed E-state index contributed by atoms with van der Waals surface area (Å²) in [4.78, 5) is 45.0. The third-order valence-corrected chi connectivity index (χ3v) is 8.75. The number of amides is 2. The van der Waals surface area contributed by atoms with Gasteiger partial charge in [0.15, 0.2) is 0 Å². The van der Waals surface area contributed by atoms with E-state index in [1.54, 1.807) is 49.0 Å². The molecule has 0 aliphatic carbocycles. The van der Waals surface area contributed by atoms with Crippen LogP contribution in [0.1, 0.15) is 28.9 Å². The summed E-state index contributed by atoms with van der Waals surface area (Å²) in [5.41, 5.74) is 1.70. The fourth-order valence-corrected chi connectivity index (χ4v) is 6.21. The van der Waals surface area contributed by atoms with Crippen LogP contribution in [0.4, 0.5) is 0 Å². The van der Waals surface area contributed by atoms with Crippen molar-refractivity contribution >= 4 is 33.2 Å². The van der Waals surface area contributed by atoms with Gasteiger partial charge in [-0.1, -0.05) is 0 Å². The first kappa shape index (κ1) is 28.8. The van der Waals surface area contributed by atoms with Crippen molar-refractivity contribution in [1.82, 2.24) is 24.6 Å². The van der Waals surface area contributed by atoms with E-state index < -0.39 is 0 Å². The Morgan fingerprint density at radius 2 is 1.87 bits per heavy atom. The molecular formula is C29H39N5O4S. The number of benzene rings is 1. The Labute approximate surface area is 234 Å². The minimum absolute atomic E-state index is 0.0753. The molecule has 4 rings (SSSR count). The standard InChI is InChI=1S/C29H39N5O4S/c1-30-26(35)10-13-34(15-14-33-11-8-22(9-12-33)31(2)3)29(37)25-17-21-16-23(38-5)18-24(28(21)39-25)20-6-7-27(36)32(4)19-20/h6-7,16-19,22H,8-15H2,1-5H3,(H,30,35). The SMILES string of the molecule is CNC(=O)CCN(CCN1CCC(N(C)C)CC1)C(=O)c1cc2cc(OC)cc(-c3ccc(=O)n(C)c3)c2s1. The maximum absolute atomic E-state index is 13.8. The molecule has 210 valence electrons. The normalized spacial score (nSPS) is 14.6. The van der Waals surface area contributed by atoms with E-state index >= 15 is 0 Å². The number of piperidine rings is 1. The maximum atomic E-state index is 13.8. The van der Waals surface area contributed by atoms with Gasteiger partial charge in [-0.2, -0.15) is 0 Å². The van der Waals surface area contributed by atoms with Crippen molar-refractivity contribution in [2.24, 2.45) is 7.05 Å². The van der Waals surface area contributed by atoms with E-state index in [0.29, 0.717) is 29.8 Å². The molecule has 0 radical (unpaired) electrons. The number of hydrogen-bond donors (Lipinski definition) is 1. The molecule has 1 saturated heterocycles.